The lowest BCUT2D eigenvalue weighted by Crippen LogP contribution is -2.41. The van der Waals surface area contributed by atoms with Gasteiger partial charge in [-0.3, -0.25) is 9.59 Å². The molecule has 2 atom stereocenters. The fourth-order valence-electron chi connectivity index (χ4n) is 1.92. The Balaban J connectivity index is 2.86. The van der Waals surface area contributed by atoms with E-state index < -0.39 is 0 Å². The molecule has 21 heavy (non-hydrogen) atoms. The minimum atomic E-state index is -0.375. The first kappa shape index (κ1) is 17.5. The number of nitrogens with zero attached hydrogens (tertiary/aromatic N) is 1. The molecule has 0 saturated carbocycles. The predicted molar refractivity (Wildman–Crippen MR) is 83.9 cm³/mol. The summed E-state index contributed by atoms with van der Waals surface area (Å²) in [6, 6.07) is 6.68. The lowest BCUT2D eigenvalue weighted by molar-refractivity contribution is -0.132. The first-order valence-electron chi connectivity index (χ1n) is 6.83. The molecule has 0 aliphatic rings. The van der Waals surface area contributed by atoms with Crippen molar-refractivity contribution in [2.45, 2.75) is 32.4 Å². The average molecular weight is 312 g/mol. The number of benzene rings is 1. The zero-order valence-electron chi connectivity index (χ0n) is 12.6. The Bertz CT molecular complexity index is 490. The molecule has 0 aliphatic heterocycles. The number of likely N-dealkylation sites (N-methyl/N-ethyl adjacent to an activating group) is 1. The van der Waals surface area contributed by atoms with Gasteiger partial charge in [-0.15, -0.1) is 0 Å². The number of amides is 2. The second kappa shape index (κ2) is 8.00. The number of hydrogen-bond donors (Lipinski definition) is 2. The summed E-state index contributed by atoms with van der Waals surface area (Å²) in [7, 11) is 1.71. The highest BCUT2D eigenvalue weighted by Gasteiger charge is 2.21. The van der Waals surface area contributed by atoms with Crippen LogP contribution in [0, 0.1) is 0 Å². The fourth-order valence-corrected chi connectivity index (χ4v) is 2.04. The molecule has 2 unspecified atom stereocenters. The van der Waals surface area contributed by atoms with Crippen molar-refractivity contribution >= 4 is 23.4 Å². The summed E-state index contributed by atoms with van der Waals surface area (Å²) in [6.45, 7) is 3.71. The molecule has 5 nitrogen and oxygen atoms in total. The molecule has 1 aromatic rings. The molecule has 0 bridgehead atoms. The monoisotopic (exact) mass is 311 g/mol. The number of halogens is 1. The van der Waals surface area contributed by atoms with Gasteiger partial charge in [0.2, 0.25) is 11.8 Å². The van der Waals surface area contributed by atoms with E-state index in [0.717, 1.165) is 5.56 Å². The van der Waals surface area contributed by atoms with E-state index in [1.165, 1.54) is 6.92 Å². The maximum atomic E-state index is 12.3. The second-order valence-electron chi connectivity index (χ2n) is 5.10. The summed E-state index contributed by atoms with van der Waals surface area (Å²) in [6.07, 6.45) is 0.183. The molecule has 0 fully saturated rings. The molecule has 6 heteroatoms. The van der Waals surface area contributed by atoms with E-state index in [0.29, 0.717) is 11.6 Å². The molecule has 0 aromatic heterocycles. The van der Waals surface area contributed by atoms with Gasteiger partial charge >= 0.3 is 0 Å². The van der Waals surface area contributed by atoms with E-state index in [-0.39, 0.29) is 30.3 Å². The molecular formula is C15H22ClN3O2. The standard InChI is InChI=1S/C15H22ClN3O2/c1-10(9-17)19(3)15(21)8-14(18-11(2)20)12-4-6-13(16)7-5-12/h4-7,10,14H,8-9,17H2,1-3H3,(H,18,20). The first-order valence-corrected chi connectivity index (χ1v) is 7.21. The first-order chi connectivity index (χ1) is 9.85. The number of carbonyl (C=O) groups excluding carboxylic acids is 2. The highest BCUT2D eigenvalue weighted by Crippen LogP contribution is 2.20. The number of nitrogens with two attached hydrogens (primary N) is 1. The largest absolute Gasteiger partial charge is 0.349 e. The lowest BCUT2D eigenvalue weighted by atomic mass is 10.0. The van der Waals surface area contributed by atoms with Crippen LogP contribution >= 0.6 is 11.6 Å². The van der Waals surface area contributed by atoms with Crippen LogP contribution in [0.4, 0.5) is 0 Å². The molecule has 116 valence electrons. The Kier molecular flexibility index (Phi) is 6.65. The maximum absolute atomic E-state index is 12.3. The average Bonchev–Trinajstić information content (AvgIpc) is 2.45. The van der Waals surface area contributed by atoms with Gasteiger partial charge in [-0.2, -0.15) is 0 Å². The molecule has 1 rings (SSSR count). The van der Waals surface area contributed by atoms with Crippen molar-refractivity contribution < 1.29 is 9.59 Å². The van der Waals surface area contributed by atoms with Crippen molar-refractivity contribution in [2.75, 3.05) is 13.6 Å². The third kappa shape index (κ3) is 5.36. The third-order valence-corrected chi connectivity index (χ3v) is 3.68. The van der Waals surface area contributed by atoms with Crippen LogP contribution in [-0.2, 0) is 9.59 Å². The minimum Gasteiger partial charge on any atom is -0.349 e. The van der Waals surface area contributed by atoms with Crippen LogP contribution in [0.5, 0.6) is 0 Å². The molecule has 0 aliphatic carbocycles. The van der Waals surface area contributed by atoms with Crippen LogP contribution in [0.25, 0.3) is 0 Å². The van der Waals surface area contributed by atoms with Crippen molar-refractivity contribution in [1.82, 2.24) is 10.2 Å². The predicted octanol–water partition coefficient (Wildman–Crippen LogP) is 1.71. The van der Waals surface area contributed by atoms with Gasteiger partial charge in [0, 0.05) is 31.6 Å². The van der Waals surface area contributed by atoms with Crippen LogP contribution in [0.15, 0.2) is 24.3 Å². The van der Waals surface area contributed by atoms with E-state index in [9.17, 15) is 9.59 Å². The minimum absolute atomic E-state index is 0.0410. The fraction of sp³-hybridized carbons (Fsp3) is 0.467. The Hall–Kier alpha value is -1.59. The molecule has 3 N–H and O–H groups in total. The Morgan fingerprint density at radius 1 is 1.33 bits per heavy atom. The highest BCUT2D eigenvalue weighted by atomic mass is 35.5. The topological polar surface area (TPSA) is 75.4 Å². The van der Waals surface area contributed by atoms with Crippen molar-refractivity contribution in [3.8, 4) is 0 Å². The van der Waals surface area contributed by atoms with E-state index in [1.807, 2.05) is 19.1 Å². The summed E-state index contributed by atoms with van der Waals surface area (Å²) in [4.78, 5) is 25.2. The van der Waals surface area contributed by atoms with Crippen molar-refractivity contribution in [1.29, 1.82) is 0 Å². The van der Waals surface area contributed by atoms with Gasteiger partial charge < -0.3 is 16.0 Å². The van der Waals surface area contributed by atoms with Gasteiger partial charge in [0.15, 0.2) is 0 Å². The Labute approximate surface area is 130 Å². The van der Waals surface area contributed by atoms with Gasteiger partial charge in [-0.05, 0) is 24.6 Å². The number of nitrogens with one attached hydrogen (secondary N) is 1. The molecule has 1 aromatic carbocycles. The third-order valence-electron chi connectivity index (χ3n) is 3.42. The number of carbonyl (C=O) groups is 2. The maximum Gasteiger partial charge on any atom is 0.225 e. The summed E-state index contributed by atoms with van der Waals surface area (Å²) in [5, 5.41) is 3.41. The van der Waals surface area contributed by atoms with Crippen molar-refractivity contribution in [3.63, 3.8) is 0 Å². The molecule has 0 saturated heterocycles. The number of hydrogen-bond acceptors (Lipinski definition) is 3. The Morgan fingerprint density at radius 3 is 2.38 bits per heavy atom. The van der Waals surface area contributed by atoms with E-state index in [4.69, 9.17) is 17.3 Å². The number of rotatable bonds is 6. The van der Waals surface area contributed by atoms with Crippen LogP contribution in [0.2, 0.25) is 5.02 Å². The van der Waals surface area contributed by atoms with Gasteiger partial charge in [0.1, 0.15) is 0 Å². The van der Waals surface area contributed by atoms with Crippen LogP contribution in [0.3, 0.4) is 0 Å². The zero-order valence-corrected chi connectivity index (χ0v) is 13.4. The normalized spacial score (nSPS) is 13.4. The van der Waals surface area contributed by atoms with Crippen LogP contribution in [0.1, 0.15) is 31.9 Å². The van der Waals surface area contributed by atoms with Crippen molar-refractivity contribution in [2.24, 2.45) is 5.73 Å². The zero-order chi connectivity index (χ0) is 16.0. The van der Waals surface area contributed by atoms with Gasteiger partial charge in [-0.25, -0.2) is 0 Å². The summed E-state index contributed by atoms with van der Waals surface area (Å²) >= 11 is 5.86. The summed E-state index contributed by atoms with van der Waals surface area (Å²) in [5.41, 5.74) is 6.42. The van der Waals surface area contributed by atoms with Gasteiger partial charge in [0.25, 0.3) is 0 Å². The van der Waals surface area contributed by atoms with Crippen LogP contribution in [-0.4, -0.2) is 36.3 Å². The molecular weight excluding hydrogens is 290 g/mol. The lowest BCUT2D eigenvalue weighted by Gasteiger charge is -2.26. The Morgan fingerprint density at radius 2 is 1.90 bits per heavy atom. The van der Waals surface area contributed by atoms with Gasteiger partial charge in [0.05, 0.1) is 12.5 Å². The second-order valence-corrected chi connectivity index (χ2v) is 5.53. The van der Waals surface area contributed by atoms with E-state index in [2.05, 4.69) is 5.32 Å². The molecule has 0 radical (unpaired) electrons. The summed E-state index contributed by atoms with van der Waals surface area (Å²) in [5.74, 6) is -0.251. The smallest absolute Gasteiger partial charge is 0.225 e. The van der Waals surface area contributed by atoms with Crippen LogP contribution < -0.4 is 11.1 Å². The SMILES string of the molecule is CC(=O)NC(CC(=O)N(C)C(C)CN)c1ccc(Cl)cc1. The summed E-state index contributed by atoms with van der Waals surface area (Å²) < 4.78 is 0. The highest BCUT2D eigenvalue weighted by molar-refractivity contribution is 6.30. The van der Waals surface area contributed by atoms with E-state index >= 15 is 0 Å². The molecule has 2 amide bonds. The van der Waals surface area contributed by atoms with Crippen molar-refractivity contribution in [3.05, 3.63) is 34.9 Å². The van der Waals surface area contributed by atoms with E-state index in [1.54, 1.807) is 24.1 Å². The molecule has 0 heterocycles. The van der Waals surface area contributed by atoms with Gasteiger partial charge in [-0.1, -0.05) is 23.7 Å². The molecule has 0 spiro atoms. The quantitative estimate of drug-likeness (QED) is 0.840.